The Hall–Kier alpha value is -2.39. The first-order valence-electron chi connectivity index (χ1n) is 11.2. The van der Waals surface area contributed by atoms with Crippen LogP contribution in [0.25, 0.3) is 10.3 Å². The largest absolute Gasteiger partial charge is 0.348 e. The minimum Gasteiger partial charge on any atom is -0.348 e. The van der Waals surface area contributed by atoms with Crippen LogP contribution in [0.5, 0.6) is 0 Å². The fourth-order valence-corrected chi connectivity index (χ4v) is 5.61. The van der Waals surface area contributed by atoms with Crippen molar-refractivity contribution in [3.8, 4) is 0 Å². The van der Waals surface area contributed by atoms with E-state index in [1.54, 1.807) is 4.57 Å². The van der Waals surface area contributed by atoms with Crippen molar-refractivity contribution in [1.82, 2.24) is 14.5 Å². The molecule has 7 nitrogen and oxygen atoms in total. The lowest BCUT2D eigenvalue weighted by atomic mass is 10.00. The number of thioether (sulfide) groups is 1. The minimum atomic E-state index is -0.127. The van der Waals surface area contributed by atoms with Crippen LogP contribution in [0.2, 0.25) is 0 Å². The Morgan fingerprint density at radius 1 is 1.19 bits per heavy atom. The van der Waals surface area contributed by atoms with Gasteiger partial charge >= 0.3 is 0 Å². The number of aryl methyl sites for hydroxylation is 1. The molecule has 4 rings (SSSR count). The number of aromatic nitrogens is 3. The molecule has 1 N–H and O–H groups in total. The van der Waals surface area contributed by atoms with Gasteiger partial charge in [0.25, 0.3) is 5.56 Å². The molecule has 1 saturated heterocycles. The Kier molecular flexibility index (Phi) is 7.15. The molecule has 1 aliphatic rings. The number of nitrogens with zero attached hydrogens (tertiary/aromatic N) is 4. The summed E-state index contributed by atoms with van der Waals surface area (Å²) in [5.74, 6) is 0.779. The average Bonchev–Trinajstić information content (AvgIpc) is 3.23. The van der Waals surface area contributed by atoms with Crippen molar-refractivity contribution in [2.24, 2.45) is 5.92 Å². The molecule has 0 saturated carbocycles. The van der Waals surface area contributed by atoms with Gasteiger partial charge in [0.2, 0.25) is 5.91 Å². The predicted octanol–water partition coefficient (Wildman–Crippen LogP) is 4.40. The van der Waals surface area contributed by atoms with Gasteiger partial charge in [-0.3, -0.25) is 14.2 Å². The maximum absolute atomic E-state index is 13.1. The zero-order valence-corrected chi connectivity index (χ0v) is 20.4. The topological polar surface area (TPSA) is 80.1 Å². The molecular formula is C23H29N5O2S2. The number of carbonyl (C=O) groups is 1. The normalized spacial score (nSPS) is 14.8. The molecule has 1 aromatic carbocycles. The molecule has 32 heavy (non-hydrogen) atoms. The van der Waals surface area contributed by atoms with Crippen LogP contribution >= 0.6 is 23.1 Å². The molecule has 0 unspecified atom stereocenters. The maximum atomic E-state index is 13.1. The van der Waals surface area contributed by atoms with E-state index in [1.807, 2.05) is 31.2 Å². The van der Waals surface area contributed by atoms with Gasteiger partial charge in [-0.15, -0.1) is 0 Å². The Morgan fingerprint density at radius 3 is 2.56 bits per heavy atom. The van der Waals surface area contributed by atoms with E-state index in [0.29, 0.717) is 22.0 Å². The van der Waals surface area contributed by atoms with E-state index in [2.05, 4.69) is 34.0 Å². The fraction of sp³-hybridized carbons (Fsp3) is 0.478. The van der Waals surface area contributed by atoms with Gasteiger partial charge in [0.1, 0.15) is 4.70 Å². The van der Waals surface area contributed by atoms with Crippen molar-refractivity contribution in [2.75, 3.05) is 29.1 Å². The Labute approximate surface area is 196 Å². The second-order valence-corrected chi connectivity index (χ2v) is 10.1. The van der Waals surface area contributed by atoms with Crippen LogP contribution in [0.4, 0.5) is 10.8 Å². The van der Waals surface area contributed by atoms with E-state index in [4.69, 9.17) is 0 Å². The number of amides is 1. The third kappa shape index (κ3) is 4.99. The summed E-state index contributed by atoms with van der Waals surface area (Å²) < 4.78 is 2.22. The Bertz CT molecular complexity index is 1150. The average molecular weight is 472 g/mol. The summed E-state index contributed by atoms with van der Waals surface area (Å²) in [7, 11) is 0. The zero-order chi connectivity index (χ0) is 22.7. The van der Waals surface area contributed by atoms with Crippen LogP contribution in [0, 0.1) is 5.92 Å². The van der Waals surface area contributed by atoms with Crippen LogP contribution in [-0.2, 0) is 17.8 Å². The number of hydrogen-bond donors (Lipinski definition) is 1. The molecule has 1 aliphatic heterocycles. The van der Waals surface area contributed by atoms with Gasteiger partial charge in [0.05, 0.1) is 5.75 Å². The number of piperidine rings is 1. The lowest BCUT2D eigenvalue weighted by Crippen LogP contribution is -2.32. The van der Waals surface area contributed by atoms with E-state index in [9.17, 15) is 9.59 Å². The van der Waals surface area contributed by atoms with E-state index >= 15 is 0 Å². The molecular weight excluding hydrogens is 442 g/mol. The van der Waals surface area contributed by atoms with Crippen molar-refractivity contribution in [3.05, 3.63) is 40.2 Å². The SMILES string of the molecule is CCc1ccc(NC(=O)CSc2nc3nc(N4CCC(C)CC4)sc3c(=O)n2CC)cc1. The van der Waals surface area contributed by atoms with Gasteiger partial charge in [0, 0.05) is 25.3 Å². The molecule has 0 aliphatic carbocycles. The van der Waals surface area contributed by atoms with Gasteiger partial charge in [-0.05, 0) is 49.8 Å². The maximum Gasteiger partial charge on any atom is 0.273 e. The van der Waals surface area contributed by atoms with E-state index in [-0.39, 0.29) is 17.2 Å². The zero-order valence-electron chi connectivity index (χ0n) is 18.8. The summed E-state index contributed by atoms with van der Waals surface area (Å²) >= 11 is 2.70. The lowest BCUT2D eigenvalue weighted by Gasteiger charge is -2.29. The van der Waals surface area contributed by atoms with Gasteiger partial charge in [-0.25, -0.2) is 4.98 Å². The van der Waals surface area contributed by atoms with Crippen LogP contribution in [-0.4, -0.2) is 39.3 Å². The standard InChI is InChI=1S/C23H29N5O2S2/c1-4-16-6-8-17(9-7-16)24-18(29)14-31-23-26-20-19(21(30)28(23)5-2)32-22(25-20)27-12-10-15(3)11-13-27/h6-9,15H,4-5,10-14H2,1-3H3,(H,24,29). The highest BCUT2D eigenvalue weighted by atomic mass is 32.2. The summed E-state index contributed by atoms with van der Waals surface area (Å²) in [6, 6.07) is 7.84. The van der Waals surface area contributed by atoms with Crippen LogP contribution < -0.4 is 15.8 Å². The smallest absolute Gasteiger partial charge is 0.273 e. The van der Waals surface area contributed by atoms with Gasteiger partial charge in [0.15, 0.2) is 15.9 Å². The number of fused-ring (bicyclic) bond motifs is 1. The summed E-state index contributed by atoms with van der Waals surface area (Å²) in [6.45, 7) is 8.71. The summed E-state index contributed by atoms with van der Waals surface area (Å²) in [6.07, 6.45) is 3.24. The minimum absolute atomic E-state index is 0.0790. The Balaban J connectivity index is 1.50. The number of thiazole rings is 1. The van der Waals surface area contributed by atoms with E-state index in [0.717, 1.165) is 49.1 Å². The first kappa shape index (κ1) is 22.8. The number of benzene rings is 1. The van der Waals surface area contributed by atoms with Gasteiger partial charge in [-0.1, -0.05) is 49.1 Å². The molecule has 0 bridgehead atoms. The van der Waals surface area contributed by atoms with Crippen LogP contribution in [0.1, 0.15) is 39.2 Å². The molecule has 9 heteroatoms. The predicted molar refractivity (Wildman–Crippen MR) is 133 cm³/mol. The van der Waals surface area contributed by atoms with Gasteiger partial charge in [-0.2, -0.15) is 4.98 Å². The molecule has 3 aromatic rings. The first-order valence-corrected chi connectivity index (χ1v) is 13.0. The van der Waals surface area contributed by atoms with Crippen LogP contribution in [0.3, 0.4) is 0 Å². The quantitative estimate of drug-likeness (QED) is 0.406. The molecule has 1 fully saturated rings. The molecule has 1 amide bonds. The number of hydrogen-bond acceptors (Lipinski definition) is 7. The third-order valence-electron chi connectivity index (χ3n) is 5.82. The molecule has 0 radical (unpaired) electrons. The second-order valence-electron chi connectivity index (χ2n) is 8.15. The van der Waals surface area contributed by atoms with E-state index in [1.165, 1.54) is 28.7 Å². The number of carbonyl (C=O) groups excluding carboxylic acids is 1. The molecule has 0 atom stereocenters. The number of rotatable bonds is 7. The van der Waals surface area contributed by atoms with Crippen molar-refractivity contribution >= 4 is 50.2 Å². The van der Waals surface area contributed by atoms with Gasteiger partial charge < -0.3 is 10.2 Å². The first-order chi connectivity index (χ1) is 15.5. The molecule has 170 valence electrons. The number of nitrogens with one attached hydrogen (secondary N) is 1. The molecule has 2 aromatic heterocycles. The van der Waals surface area contributed by atoms with Crippen molar-refractivity contribution in [3.63, 3.8) is 0 Å². The molecule has 0 spiro atoms. The van der Waals surface area contributed by atoms with Crippen molar-refractivity contribution in [1.29, 1.82) is 0 Å². The summed E-state index contributed by atoms with van der Waals surface area (Å²) in [5, 5.41) is 4.31. The van der Waals surface area contributed by atoms with Crippen molar-refractivity contribution in [2.45, 2.75) is 51.7 Å². The summed E-state index contributed by atoms with van der Waals surface area (Å²) in [5.41, 5.74) is 2.40. The third-order valence-corrected chi connectivity index (χ3v) is 7.89. The van der Waals surface area contributed by atoms with Crippen molar-refractivity contribution < 1.29 is 4.79 Å². The highest BCUT2D eigenvalue weighted by molar-refractivity contribution is 7.99. The highest BCUT2D eigenvalue weighted by Crippen LogP contribution is 2.30. The highest BCUT2D eigenvalue weighted by Gasteiger charge is 2.22. The number of anilines is 2. The monoisotopic (exact) mass is 471 g/mol. The Morgan fingerprint density at radius 2 is 1.91 bits per heavy atom. The fourth-order valence-electron chi connectivity index (χ4n) is 3.75. The lowest BCUT2D eigenvalue weighted by molar-refractivity contribution is -0.113. The summed E-state index contributed by atoms with van der Waals surface area (Å²) in [4.78, 5) is 37.1. The van der Waals surface area contributed by atoms with E-state index < -0.39 is 0 Å². The van der Waals surface area contributed by atoms with Crippen LogP contribution in [0.15, 0.2) is 34.2 Å². The molecule has 3 heterocycles. The second kappa shape index (κ2) is 10.0.